The maximum atomic E-state index is 13.1. The molecule has 6 nitrogen and oxygen atoms in total. The molecule has 168 valence electrons. The number of hydrogen-bond donors (Lipinski definition) is 2. The zero-order valence-corrected chi connectivity index (χ0v) is 19.7. The van der Waals surface area contributed by atoms with Crippen LogP contribution < -0.4 is 10.6 Å². The van der Waals surface area contributed by atoms with Gasteiger partial charge >= 0.3 is 5.97 Å². The summed E-state index contributed by atoms with van der Waals surface area (Å²) < 4.78 is 5.57. The standard InChI is InChI=1S/C25H29N3O3S/c1-5-28-17(4)21(24(30)31-15-16(2)3)22(27-25(28)32)19-12-9-13-20(14-19)26-23(29)18-10-7-6-8-11-18/h6-14,16,22H,5,15H2,1-4H3,(H,26,29)(H,27,32)/t22-/m1/s1. The minimum atomic E-state index is -0.474. The monoisotopic (exact) mass is 451 g/mol. The van der Waals surface area contributed by atoms with Gasteiger partial charge in [0.15, 0.2) is 5.11 Å². The Labute approximate surface area is 194 Å². The normalized spacial score (nSPS) is 16.1. The number of allylic oxidation sites excluding steroid dienone is 1. The number of amides is 1. The maximum absolute atomic E-state index is 13.1. The van der Waals surface area contributed by atoms with Gasteiger partial charge in [-0.1, -0.05) is 44.2 Å². The quantitative estimate of drug-likeness (QED) is 0.471. The fraction of sp³-hybridized carbons (Fsp3) is 0.320. The van der Waals surface area contributed by atoms with Crippen LogP contribution in [0.4, 0.5) is 5.69 Å². The summed E-state index contributed by atoms with van der Waals surface area (Å²) in [6, 6.07) is 16.0. The van der Waals surface area contributed by atoms with Gasteiger partial charge in [-0.25, -0.2) is 4.79 Å². The van der Waals surface area contributed by atoms with E-state index in [9.17, 15) is 9.59 Å². The lowest BCUT2D eigenvalue weighted by Gasteiger charge is -2.37. The van der Waals surface area contributed by atoms with Gasteiger partial charge in [-0.15, -0.1) is 0 Å². The average molecular weight is 452 g/mol. The second kappa shape index (κ2) is 10.4. The van der Waals surface area contributed by atoms with Crippen LogP contribution in [0.25, 0.3) is 0 Å². The summed E-state index contributed by atoms with van der Waals surface area (Å²) in [5.41, 5.74) is 3.31. The Balaban J connectivity index is 1.92. The van der Waals surface area contributed by atoms with E-state index in [2.05, 4.69) is 10.6 Å². The molecule has 1 heterocycles. The third-order valence-electron chi connectivity index (χ3n) is 5.19. The Morgan fingerprint density at radius 3 is 2.53 bits per heavy atom. The van der Waals surface area contributed by atoms with Gasteiger partial charge in [-0.05, 0) is 61.8 Å². The first-order valence-electron chi connectivity index (χ1n) is 10.7. The van der Waals surface area contributed by atoms with Gasteiger partial charge in [-0.3, -0.25) is 4.79 Å². The van der Waals surface area contributed by atoms with Crippen molar-refractivity contribution in [3.63, 3.8) is 0 Å². The minimum Gasteiger partial charge on any atom is -0.462 e. The van der Waals surface area contributed by atoms with Crippen molar-refractivity contribution in [2.24, 2.45) is 5.92 Å². The molecule has 7 heteroatoms. The van der Waals surface area contributed by atoms with Gasteiger partial charge in [-0.2, -0.15) is 0 Å². The van der Waals surface area contributed by atoms with E-state index >= 15 is 0 Å². The molecule has 32 heavy (non-hydrogen) atoms. The summed E-state index contributed by atoms with van der Waals surface area (Å²) in [7, 11) is 0. The van der Waals surface area contributed by atoms with Crippen LogP contribution >= 0.6 is 12.2 Å². The van der Waals surface area contributed by atoms with Gasteiger partial charge < -0.3 is 20.3 Å². The highest BCUT2D eigenvalue weighted by Crippen LogP contribution is 2.32. The molecule has 1 aliphatic heterocycles. The van der Waals surface area contributed by atoms with E-state index in [1.807, 2.05) is 75.1 Å². The van der Waals surface area contributed by atoms with Crippen LogP contribution in [0.1, 0.15) is 49.7 Å². The summed E-state index contributed by atoms with van der Waals surface area (Å²) in [6.45, 7) is 8.84. The molecule has 1 amide bonds. The first kappa shape index (κ1) is 23.5. The SMILES string of the molecule is CCN1C(=S)N[C@H](c2cccc(NC(=O)c3ccccc3)c2)C(C(=O)OCC(C)C)=C1C. The lowest BCUT2D eigenvalue weighted by atomic mass is 9.94. The zero-order valence-electron chi connectivity index (χ0n) is 18.8. The number of hydrogen-bond acceptors (Lipinski definition) is 4. The van der Waals surface area contributed by atoms with Crippen LogP contribution in [0.5, 0.6) is 0 Å². The molecule has 2 aromatic rings. The fourth-order valence-corrected chi connectivity index (χ4v) is 3.97. The van der Waals surface area contributed by atoms with E-state index in [0.717, 1.165) is 11.3 Å². The highest BCUT2D eigenvalue weighted by molar-refractivity contribution is 7.80. The number of thiocarbonyl (C=S) groups is 1. The molecule has 1 atom stereocenters. The molecule has 0 fully saturated rings. The predicted molar refractivity (Wildman–Crippen MR) is 130 cm³/mol. The van der Waals surface area contributed by atoms with Crippen LogP contribution in [-0.4, -0.2) is 35.0 Å². The smallest absolute Gasteiger partial charge is 0.338 e. The largest absolute Gasteiger partial charge is 0.462 e. The topological polar surface area (TPSA) is 70.7 Å². The molecule has 2 aromatic carbocycles. The van der Waals surface area contributed by atoms with E-state index in [0.29, 0.717) is 35.1 Å². The Hall–Kier alpha value is -3.19. The molecular weight excluding hydrogens is 422 g/mol. The third kappa shape index (κ3) is 5.34. The Morgan fingerprint density at radius 2 is 1.88 bits per heavy atom. The van der Waals surface area contributed by atoms with Crippen LogP contribution in [0.15, 0.2) is 65.9 Å². The molecule has 0 unspecified atom stereocenters. The number of nitrogens with zero attached hydrogens (tertiary/aromatic N) is 1. The molecule has 0 spiro atoms. The van der Waals surface area contributed by atoms with Crippen LogP contribution in [0, 0.1) is 5.92 Å². The zero-order chi connectivity index (χ0) is 23.3. The van der Waals surface area contributed by atoms with Gasteiger partial charge in [0, 0.05) is 23.5 Å². The first-order chi connectivity index (χ1) is 15.3. The molecule has 0 bridgehead atoms. The average Bonchev–Trinajstić information content (AvgIpc) is 2.78. The van der Waals surface area contributed by atoms with Crippen LogP contribution in [-0.2, 0) is 9.53 Å². The Morgan fingerprint density at radius 1 is 1.16 bits per heavy atom. The van der Waals surface area contributed by atoms with Gasteiger partial charge in [0.2, 0.25) is 0 Å². The molecule has 0 aliphatic carbocycles. The summed E-state index contributed by atoms with van der Waals surface area (Å²) in [4.78, 5) is 27.5. The lowest BCUT2D eigenvalue weighted by Crippen LogP contribution is -2.47. The van der Waals surface area contributed by atoms with Crippen molar-refractivity contribution < 1.29 is 14.3 Å². The number of ether oxygens (including phenoxy) is 1. The van der Waals surface area contributed by atoms with Crippen molar-refractivity contribution in [1.29, 1.82) is 0 Å². The maximum Gasteiger partial charge on any atom is 0.338 e. The molecular formula is C25H29N3O3S. The molecule has 0 saturated heterocycles. The first-order valence-corrected chi connectivity index (χ1v) is 11.1. The number of carbonyl (C=O) groups excluding carboxylic acids is 2. The van der Waals surface area contributed by atoms with E-state index in [-0.39, 0.29) is 17.8 Å². The van der Waals surface area contributed by atoms with E-state index in [1.54, 1.807) is 12.1 Å². The summed E-state index contributed by atoms with van der Waals surface area (Å²) in [5, 5.41) is 6.75. The third-order valence-corrected chi connectivity index (χ3v) is 5.53. The number of anilines is 1. The highest BCUT2D eigenvalue weighted by Gasteiger charge is 2.34. The molecule has 3 rings (SSSR count). The minimum absolute atomic E-state index is 0.199. The second-order valence-electron chi connectivity index (χ2n) is 8.06. The Bertz CT molecular complexity index is 1030. The number of rotatable bonds is 7. The molecule has 0 radical (unpaired) electrons. The van der Waals surface area contributed by atoms with Crippen molar-refractivity contribution in [3.05, 3.63) is 77.0 Å². The number of nitrogens with one attached hydrogen (secondary N) is 2. The highest BCUT2D eigenvalue weighted by atomic mass is 32.1. The van der Waals surface area contributed by atoms with Crippen molar-refractivity contribution in [3.8, 4) is 0 Å². The van der Waals surface area contributed by atoms with Crippen molar-refractivity contribution in [2.45, 2.75) is 33.7 Å². The second-order valence-corrected chi connectivity index (χ2v) is 8.45. The van der Waals surface area contributed by atoms with Gasteiger partial charge in [0.1, 0.15) is 0 Å². The fourth-order valence-electron chi connectivity index (χ4n) is 3.59. The molecule has 2 N–H and O–H groups in total. The van der Waals surface area contributed by atoms with Crippen molar-refractivity contribution in [1.82, 2.24) is 10.2 Å². The van der Waals surface area contributed by atoms with E-state index < -0.39 is 6.04 Å². The number of carbonyl (C=O) groups is 2. The number of esters is 1. The number of benzene rings is 2. The van der Waals surface area contributed by atoms with E-state index in [1.165, 1.54) is 0 Å². The molecule has 0 saturated carbocycles. The summed E-state index contributed by atoms with van der Waals surface area (Å²) >= 11 is 5.55. The van der Waals surface area contributed by atoms with Crippen LogP contribution in [0.2, 0.25) is 0 Å². The predicted octanol–water partition coefficient (Wildman–Crippen LogP) is 4.66. The molecule has 0 aromatic heterocycles. The van der Waals surface area contributed by atoms with Gasteiger partial charge in [0.25, 0.3) is 5.91 Å². The lowest BCUT2D eigenvalue weighted by molar-refractivity contribution is -0.140. The molecule has 1 aliphatic rings. The van der Waals surface area contributed by atoms with Crippen molar-refractivity contribution in [2.75, 3.05) is 18.5 Å². The Kier molecular flexibility index (Phi) is 7.64. The summed E-state index contributed by atoms with van der Waals surface area (Å²) in [5.74, 6) is -0.335. The van der Waals surface area contributed by atoms with E-state index in [4.69, 9.17) is 17.0 Å². The van der Waals surface area contributed by atoms with Gasteiger partial charge in [0.05, 0.1) is 18.2 Å². The van der Waals surface area contributed by atoms with Crippen molar-refractivity contribution >= 4 is 34.9 Å². The summed E-state index contributed by atoms with van der Waals surface area (Å²) in [6.07, 6.45) is 0. The van der Waals surface area contributed by atoms with Crippen LogP contribution in [0.3, 0.4) is 0 Å².